The molecule has 1 aliphatic carbocycles. The van der Waals surface area contributed by atoms with E-state index in [9.17, 15) is 0 Å². The summed E-state index contributed by atoms with van der Waals surface area (Å²) in [5, 5.41) is 3.35. The minimum absolute atomic E-state index is 0.581. The van der Waals surface area contributed by atoms with Gasteiger partial charge < -0.3 is 5.32 Å². The van der Waals surface area contributed by atoms with Crippen LogP contribution in [0.2, 0.25) is 0 Å². The lowest BCUT2D eigenvalue weighted by Crippen LogP contribution is -2.41. The van der Waals surface area contributed by atoms with Gasteiger partial charge in [-0.15, -0.1) is 0 Å². The average molecular weight is 152 g/mol. The van der Waals surface area contributed by atoms with E-state index in [-0.39, 0.29) is 0 Å². The van der Waals surface area contributed by atoms with Gasteiger partial charge in [-0.3, -0.25) is 4.99 Å². The van der Waals surface area contributed by atoms with Gasteiger partial charge in [0.05, 0.1) is 12.4 Å². The fourth-order valence-electron chi connectivity index (χ4n) is 2.16. The molecule has 0 amide bonds. The summed E-state index contributed by atoms with van der Waals surface area (Å²) >= 11 is 0. The predicted molar refractivity (Wildman–Crippen MR) is 46.8 cm³/mol. The van der Waals surface area contributed by atoms with E-state index in [1.165, 1.54) is 18.7 Å². The van der Waals surface area contributed by atoms with E-state index in [1.807, 2.05) is 0 Å². The predicted octanol–water partition coefficient (Wildman–Crippen LogP) is 1.42. The lowest BCUT2D eigenvalue weighted by molar-refractivity contribution is 0.142. The SMILES string of the molecule is CC1(C)CC(C2=NCCN2)C1. The van der Waals surface area contributed by atoms with Crippen molar-refractivity contribution in [2.75, 3.05) is 13.1 Å². The molecular formula is C9H16N2. The molecule has 0 unspecified atom stereocenters. The zero-order valence-electron chi connectivity index (χ0n) is 7.35. The number of nitrogens with zero attached hydrogens (tertiary/aromatic N) is 1. The third-order valence-corrected chi connectivity index (χ3v) is 2.68. The number of nitrogens with one attached hydrogen (secondary N) is 1. The molecule has 1 N–H and O–H groups in total. The number of aliphatic imine (C=N–C) groups is 1. The fraction of sp³-hybridized carbons (Fsp3) is 0.889. The zero-order chi connectivity index (χ0) is 7.90. The molecule has 0 radical (unpaired) electrons. The molecule has 2 nitrogen and oxygen atoms in total. The molecule has 0 aromatic heterocycles. The Kier molecular flexibility index (Phi) is 1.44. The number of amidine groups is 1. The van der Waals surface area contributed by atoms with Crippen LogP contribution in [0.25, 0.3) is 0 Å². The van der Waals surface area contributed by atoms with Crippen LogP contribution in [0.4, 0.5) is 0 Å². The van der Waals surface area contributed by atoms with Crippen molar-refractivity contribution in [3.8, 4) is 0 Å². The third-order valence-electron chi connectivity index (χ3n) is 2.68. The van der Waals surface area contributed by atoms with Crippen molar-refractivity contribution in [1.29, 1.82) is 0 Å². The summed E-state index contributed by atoms with van der Waals surface area (Å²) in [7, 11) is 0. The molecule has 2 heteroatoms. The highest BCUT2D eigenvalue weighted by Gasteiger charge is 2.39. The van der Waals surface area contributed by atoms with Gasteiger partial charge in [-0.05, 0) is 18.3 Å². The van der Waals surface area contributed by atoms with Crippen LogP contribution in [0.3, 0.4) is 0 Å². The molecule has 62 valence electrons. The van der Waals surface area contributed by atoms with E-state index in [0.717, 1.165) is 19.0 Å². The first kappa shape index (κ1) is 7.14. The average Bonchev–Trinajstić information content (AvgIpc) is 2.32. The highest BCUT2D eigenvalue weighted by atomic mass is 15.1. The van der Waals surface area contributed by atoms with E-state index >= 15 is 0 Å². The Morgan fingerprint density at radius 3 is 2.64 bits per heavy atom. The van der Waals surface area contributed by atoms with Crippen LogP contribution in [-0.2, 0) is 0 Å². The molecule has 2 aliphatic rings. The van der Waals surface area contributed by atoms with Crippen LogP contribution in [0.15, 0.2) is 4.99 Å². The molecule has 1 fully saturated rings. The first-order valence-electron chi connectivity index (χ1n) is 4.46. The maximum absolute atomic E-state index is 4.43. The smallest absolute Gasteiger partial charge is 0.0996 e. The van der Waals surface area contributed by atoms with Crippen molar-refractivity contribution < 1.29 is 0 Å². The maximum atomic E-state index is 4.43. The largest absolute Gasteiger partial charge is 0.372 e. The van der Waals surface area contributed by atoms with E-state index in [0.29, 0.717) is 5.41 Å². The van der Waals surface area contributed by atoms with Crippen LogP contribution >= 0.6 is 0 Å². The van der Waals surface area contributed by atoms with Gasteiger partial charge in [-0.25, -0.2) is 0 Å². The van der Waals surface area contributed by atoms with Crippen LogP contribution in [-0.4, -0.2) is 18.9 Å². The Labute approximate surface area is 68.1 Å². The summed E-state index contributed by atoms with van der Waals surface area (Å²) in [4.78, 5) is 4.43. The Bertz CT molecular complexity index is 186. The minimum atomic E-state index is 0.581. The van der Waals surface area contributed by atoms with E-state index in [2.05, 4.69) is 24.2 Å². The highest BCUT2D eigenvalue weighted by molar-refractivity contribution is 5.86. The van der Waals surface area contributed by atoms with Crippen molar-refractivity contribution in [2.45, 2.75) is 26.7 Å². The topological polar surface area (TPSA) is 24.4 Å². The van der Waals surface area contributed by atoms with E-state index in [1.54, 1.807) is 0 Å². The van der Waals surface area contributed by atoms with Crippen LogP contribution in [0.5, 0.6) is 0 Å². The summed E-state index contributed by atoms with van der Waals surface area (Å²) in [6.45, 7) is 6.72. The van der Waals surface area contributed by atoms with Gasteiger partial charge >= 0.3 is 0 Å². The summed E-state index contributed by atoms with van der Waals surface area (Å²) in [6, 6.07) is 0. The van der Waals surface area contributed by atoms with Crippen LogP contribution in [0, 0.1) is 11.3 Å². The Balaban J connectivity index is 1.91. The van der Waals surface area contributed by atoms with Gasteiger partial charge in [0.1, 0.15) is 0 Å². The Hall–Kier alpha value is -0.530. The Morgan fingerprint density at radius 1 is 1.45 bits per heavy atom. The number of hydrogen-bond donors (Lipinski definition) is 1. The second-order valence-corrected chi connectivity index (χ2v) is 4.46. The van der Waals surface area contributed by atoms with Gasteiger partial charge in [0.25, 0.3) is 0 Å². The Morgan fingerprint density at radius 2 is 2.18 bits per heavy atom. The molecule has 1 aliphatic heterocycles. The quantitative estimate of drug-likeness (QED) is 0.604. The standard InChI is InChI=1S/C9H16N2/c1-9(2)5-7(6-9)8-10-3-4-11-8/h7H,3-6H2,1-2H3,(H,10,11). The van der Waals surface area contributed by atoms with E-state index in [4.69, 9.17) is 0 Å². The summed E-state index contributed by atoms with van der Waals surface area (Å²) in [6.07, 6.45) is 2.64. The lowest BCUT2D eigenvalue weighted by Gasteiger charge is -2.42. The van der Waals surface area contributed by atoms with Crippen molar-refractivity contribution in [2.24, 2.45) is 16.3 Å². The monoisotopic (exact) mass is 152 g/mol. The second kappa shape index (κ2) is 2.23. The van der Waals surface area contributed by atoms with Crippen molar-refractivity contribution in [1.82, 2.24) is 5.32 Å². The second-order valence-electron chi connectivity index (χ2n) is 4.46. The first-order chi connectivity index (χ1) is 5.17. The highest BCUT2D eigenvalue weighted by Crippen LogP contribution is 2.45. The van der Waals surface area contributed by atoms with Gasteiger partial charge in [0.15, 0.2) is 0 Å². The summed E-state index contributed by atoms with van der Waals surface area (Å²) in [5.41, 5.74) is 0.581. The molecule has 0 saturated heterocycles. The molecule has 1 heterocycles. The van der Waals surface area contributed by atoms with Gasteiger partial charge in [-0.1, -0.05) is 13.8 Å². The molecule has 0 atom stereocenters. The number of hydrogen-bond acceptors (Lipinski definition) is 2. The van der Waals surface area contributed by atoms with Gasteiger partial charge in [0, 0.05) is 12.5 Å². The van der Waals surface area contributed by atoms with Gasteiger partial charge in [0.2, 0.25) is 0 Å². The lowest BCUT2D eigenvalue weighted by atomic mass is 9.64. The molecular weight excluding hydrogens is 136 g/mol. The normalized spacial score (nSPS) is 29.1. The molecule has 0 bridgehead atoms. The van der Waals surface area contributed by atoms with Gasteiger partial charge in [-0.2, -0.15) is 0 Å². The van der Waals surface area contributed by atoms with Crippen LogP contribution < -0.4 is 5.32 Å². The molecule has 1 saturated carbocycles. The molecule has 2 rings (SSSR count). The number of rotatable bonds is 1. The van der Waals surface area contributed by atoms with Crippen LogP contribution in [0.1, 0.15) is 26.7 Å². The van der Waals surface area contributed by atoms with Crippen molar-refractivity contribution in [3.05, 3.63) is 0 Å². The summed E-state index contributed by atoms with van der Waals surface area (Å²) < 4.78 is 0. The third kappa shape index (κ3) is 1.26. The van der Waals surface area contributed by atoms with Crippen molar-refractivity contribution in [3.63, 3.8) is 0 Å². The molecule has 0 spiro atoms. The zero-order valence-corrected chi connectivity index (χ0v) is 7.35. The molecule has 0 aromatic rings. The summed E-state index contributed by atoms with van der Waals surface area (Å²) in [5.74, 6) is 2.04. The molecule has 0 aromatic carbocycles. The maximum Gasteiger partial charge on any atom is 0.0996 e. The minimum Gasteiger partial charge on any atom is -0.372 e. The molecule has 11 heavy (non-hydrogen) atoms. The first-order valence-corrected chi connectivity index (χ1v) is 4.46. The van der Waals surface area contributed by atoms with E-state index < -0.39 is 0 Å². The fourth-order valence-corrected chi connectivity index (χ4v) is 2.16. The van der Waals surface area contributed by atoms with Crippen molar-refractivity contribution >= 4 is 5.84 Å².